The lowest BCUT2D eigenvalue weighted by atomic mass is 10.1. The number of phenolic OH excluding ortho intramolecular Hbond substituents is 1. The second-order valence-electron chi connectivity index (χ2n) is 4.79. The number of anilines is 1. The number of hydrogen-bond acceptors (Lipinski definition) is 5. The molecule has 2 aliphatic rings. The van der Waals surface area contributed by atoms with Crippen molar-refractivity contribution in [3.63, 3.8) is 0 Å². The largest absolute Gasteiger partial charge is 0.508 e. The predicted molar refractivity (Wildman–Crippen MR) is 68.8 cm³/mol. The molecule has 0 bridgehead atoms. The first kappa shape index (κ1) is 11.5. The Hall–Kier alpha value is -1.62. The van der Waals surface area contributed by atoms with Gasteiger partial charge in [-0.1, -0.05) is 0 Å². The highest BCUT2D eigenvalue weighted by atomic mass is 16.6. The van der Waals surface area contributed by atoms with Crippen molar-refractivity contribution < 1.29 is 14.6 Å². The maximum Gasteiger partial charge on any atom is 0.184 e. The van der Waals surface area contributed by atoms with E-state index in [0.29, 0.717) is 25.0 Å². The Labute approximate surface area is 106 Å². The molecular weight excluding hydrogens is 232 g/mol. The van der Waals surface area contributed by atoms with Gasteiger partial charge in [-0.2, -0.15) is 0 Å². The summed E-state index contributed by atoms with van der Waals surface area (Å²) < 4.78 is 11.2. The molecule has 2 aliphatic heterocycles. The normalized spacial score (nSPS) is 22.9. The van der Waals surface area contributed by atoms with Crippen LogP contribution in [-0.4, -0.2) is 44.0 Å². The number of piperazine rings is 1. The van der Waals surface area contributed by atoms with Gasteiger partial charge in [-0.05, 0) is 6.92 Å². The molecule has 1 aromatic rings. The number of nitrogens with one attached hydrogen (secondary N) is 1. The van der Waals surface area contributed by atoms with Crippen molar-refractivity contribution in [2.24, 2.45) is 0 Å². The Morgan fingerprint density at radius 3 is 3.00 bits per heavy atom. The summed E-state index contributed by atoms with van der Waals surface area (Å²) >= 11 is 0. The van der Waals surface area contributed by atoms with Crippen molar-refractivity contribution in [1.29, 1.82) is 0 Å². The van der Waals surface area contributed by atoms with Crippen LogP contribution in [-0.2, 0) is 0 Å². The molecule has 0 spiro atoms. The average Bonchev–Trinajstić information content (AvgIpc) is 2.37. The van der Waals surface area contributed by atoms with Gasteiger partial charge in [0.15, 0.2) is 11.5 Å². The molecule has 1 unspecified atom stereocenters. The van der Waals surface area contributed by atoms with Gasteiger partial charge in [-0.15, -0.1) is 0 Å². The van der Waals surface area contributed by atoms with Crippen LogP contribution in [0, 0.1) is 0 Å². The Balaban J connectivity index is 1.97. The lowest BCUT2D eigenvalue weighted by Gasteiger charge is -2.35. The molecule has 5 nitrogen and oxygen atoms in total. The number of fused-ring (bicyclic) bond motifs is 1. The standard InChI is InChI=1S/C13H18N2O3/c1-9-8-15(3-2-14-9)11-6-10(16)7-12-13(11)18-5-4-17-12/h6-7,9,14,16H,2-5,8H2,1H3. The third-order valence-electron chi connectivity index (χ3n) is 3.32. The van der Waals surface area contributed by atoms with Crippen molar-refractivity contribution in [3.8, 4) is 17.2 Å². The van der Waals surface area contributed by atoms with Crippen LogP contribution < -0.4 is 19.7 Å². The molecule has 0 saturated carbocycles. The van der Waals surface area contributed by atoms with Gasteiger partial charge in [0.2, 0.25) is 0 Å². The monoisotopic (exact) mass is 250 g/mol. The van der Waals surface area contributed by atoms with Gasteiger partial charge in [-0.3, -0.25) is 0 Å². The van der Waals surface area contributed by atoms with Crippen LogP contribution >= 0.6 is 0 Å². The summed E-state index contributed by atoms with van der Waals surface area (Å²) in [6.45, 7) is 5.99. The van der Waals surface area contributed by atoms with Crippen LogP contribution in [0.4, 0.5) is 5.69 Å². The summed E-state index contributed by atoms with van der Waals surface area (Å²) in [5.74, 6) is 1.62. The minimum absolute atomic E-state index is 0.223. The van der Waals surface area contributed by atoms with E-state index < -0.39 is 0 Å². The van der Waals surface area contributed by atoms with Gasteiger partial charge in [0.25, 0.3) is 0 Å². The van der Waals surface area contributed by atoms with Crippen LogP contribution in [0.25, 0.3) is 0 Å². The van der Waals surface area contributed by atoms with Crippen molar-refractivity contribution in [2.75, 3.05) is 37.7 Å². The number of hydrogen-bond donors (Lipinski definition) is 2. The minimum Gasteiger partial charge on any atom is -0.508 e. The van der Waals surface area contributed by atoms with Gasteiger partial charge in [-0.25, -0.2) is 0 Å². The van der Waals surface area contributed by atoms with Gasteiger partial charge in [0.05, 0.1) is 5.69 Å². The SMILES string of the molecule is CC1CN(c2cc(O)cc3c2OCCO3)CCN1. The molecule has 3 rings (SSSR count). The molecule has 0 aliphatic carbocycles. The molecule has 1 fully saturated rings. The first-order valence-electron chi connectivity index (χ1n) is 6.35. The van der Waals surface area contributed by atoms with Gasteiger partial charge in [0.1, 0.15) is 19.0 Å². The number of nitrogens with zero attached hydrogens (tertiary/aromatic N) is 1. The summed E-state index contributed by atoms with van der Waals surface area (Å²) in [4.78, 5) is 2.23. The van der Waals surface area contributed by atoms with E-state index in [0.717, 1.165) is 31.1 Å². The maximum absolute atomic E-state index is 9.79. The number of benzene rings is 1. The second-order valence-corrected chi connectivity index (χ2v) is 4.79. The molecule has 1 atom stereocenters. The van der Waals surface area contributed by atoms with E-state index in [4.69, 9.17) is 9.47 Å². The van der Waals surface area contributed by atoms with Crippen LogP contribution in [0.1, 0.15) is 6.92 Å². The summed E-state index contributed by atoms with van der Waals surface area (Å²) in [5.41, 5.74) is 0.929. The summed E-state index contributed by atoms with van der Waals surface area (Å²) in [5, 5.41) is 13.2. The van der Waals surface area contributed by atoms with Crippen LogP contribution in [0.15, 0.2) is 12.1 Å². The summed E-state index contributed by atoms with van der Waals surface area (Å²) in [6, 6.07) is 3.80. The number of ether oxygens (including phenoxy) is 2. The lowest BCUT2D eigenvalue weighted by Crippen LogP contribution is -2.49. The van der Waals surface area contributed by atoms with Crippen molar-refractivity contribution in [1.82, 2.24) is 5.32 Å². The molecule has 2 N–H and O–H groups in total. The Morgan fingerprint density at radius 1 is 1.33 bits per heavy atom. The van der Waals surface area contributed by atoms with E-state index in [9.17, 15) is 5.11 Å². The zero-order valence-corrected chi connectivity index (χ0v) is 10.5. The lowest BCUT2D eigenvalue weighted by molar-refractivity contribution is 0.171. The van der Waals surface area contributed by atoms with Gasteiger partial charge in [0, 0.05) is 37.8 Å². The second kappa shape index (κ2) is 4.57. The van der Waals surface area contributed by atoms with Crippen molar-refractivity contribution >= 4 is 5.69 Å². The van der Waals surface area contributed by atoms with Gasteiger partial charge < -0.3 is 24.8 Å². The van der Waals surface area contributed by atoms with E-state index in [1.807, 2.05) is 0 Å². The molecule has 5 heteroatoms. The molecule has 1 saturated heterocycles. The van der Waals surface area contributed by atoms with Gasteiger partial charge >= 0.3 is 0 Å². The highest BCUT2D eigenvalue weighted by Gasteiger charge is 2.24. The fourth-order valence-electron chi connectivity index (χ4n) is 2.51. The van der Waals surface area contributed by atoms with E-state index in [1.165, 1.54) is 0 Å². The topological polar surface area (TPSA) is 54.0 Å². The Morgan fingerprint density at radius 2 is 2.17 bits per heavy atom. The highest BCUT2D eigenvalue weighted by molar-refractivity contribution is 5.68. The van der Waals surface area contributed by atoms with Crippen LogP contribution in [0.3, 0.4) is 0 Å². The highest BCUT2D eigenvalue weighted by Crippen LogP contribution is 2.43. The molecule has 98 valence electrons. The predicted octanol–water partition coefficient (Wildman–Crippen LogP) is 0.961. The van der Waals surface area contributed by atoms with Crippen molar-refractivity contribution in [3.05, 3.63) is 12.1 Å². The molecule has 0 aromatic heterocycles. The van der Waals surface area contributed by atoms with Crippen LogP contribution in [0.2, 0.25) is 0 Å². The van der Waals surface area contributed by atoms with E-state index in [2.05, 4.69) is 17.1 Å². The fraction of sp³-hybridized carbons (Fsp3) is 0.538. The molecular formula is C13H18N2O3. The molecule has 18 heavy (non-hydrogen) atoms. The number of phenols is 1. The number of rotatable bonds is 1. The smallest absolute Gasteiger partial charge is 0.184 e. The molecule has 1 aromatic carbocycles. The zero-order chi connectivity index (χ0) is 12.5. The number of aromatic hydroxyl groups is 1. The quantitative estimate of drug-likeness (QED) is 0.777. The Kier molecular flexibility index (Phi) is 2.91. The van der Waals surface area contributed by atoms with E-state index >= 15 is 0 Å². The fourth-order valence-corrected chi connectivity index (χ4v) is 2.51. The maximum atomic E-state index is 9.79. The minimum atomic E-state index is 0.223. The van der Waals surface area contributed by atoms with Crippen molar-refractivity contribution in [2.45, 2.75) is 13.0 Å². The summed E-state index contributed by atoms with van der Waals surface area (Å²) in [6.07, 6.45) is 0. The first-order valence-corrected chi connectivity index (χ1v) is 6.35. The molecule has 0 radical (unpaired) electrons. The Bertz CT molecular complexity index is 450. The zero-order valence-electron chi connectivity index (χ0n) is 10.5. The molecule has 0 amide bonds. The summed E-state index contributed by atoms with van der Waals surface area (Å²) in [7, 11) is 0. The average molecular weight is 250 g/mol. The van der Waals surface area contributed by atoms with E-state index in [1.54, 1.807) is 12.1 Å². The first-order chi connectivity index (χ1) is 8.74. The van der Waals surface area contributed by atoms with E-state index in [-0.39, 0.29) is 5.75 Å². The molecule has 2 heterocycles. The third-order valence-corrected chi connectivity index (χ3v) is 3.32. The third kappa shape index (κ3) is 2.06. The van der Waals surface area contributed by atoms with Crippen LogP contribution in [0.5, 0.6) is 17.2 Å².